The maximum Gasteiger partial charge on any atom is 0.373 e. The van der Waals surface area contributed by atoms with Crippen molar-refractivity contribution in [2.75, 3.05) is 0 Å². The Morgan fingerprint density at radius 3 is 2.45 bits per heavy atom. The first-order valence-corrected chi connectivity index (χ1v) is 6.74. The number of carbonyl (C=O) groups is 1. The molecule has 0 spiro atoms. The van der Waals surface area contributed by atoms with Crippen molar-refractivity contribution >= 4 is 5.97 Å². The molecule has 0 aliphatic heterocycles. The molecule has 104 valence electrons. The van der Waals surface area contributed by atoms with Crippen LogP contribution in [0.3, 0.4) is 0 Å². The molecular formula is C17H18O3. The zero-order chi connectivity index (χ0) is 14.4. The van der Waals surface area contributed by atoms with Crippen LogP contribution in [0, 0.1) is 0 Å². The van der Waals surface area contributed by atoms with E-state index in [-0.39, 0.29) is 6.10 Å². The average Bonchev–Trinajstić information content (AvgIpc) is 2.53. The fraction of sp³-hybridized carbons (Fsp3) is 0.235. The van der Waals surface area contributed by atoms with Gasteiger partial charge in [0.15, 0.2) is 0 Å². The van der Waals surface area contributed by atoms with E-state index >= 15 is 0 Å². The summed E-state index contributed by atoms with van der Waals surface area (Å²) in [5, 5.41) is 0. The molecule has 0 saturated heterocycles. The van der Waals surface area contributed by atoms with Crippen molar-refractivity contribution in [2.45, 2.75) is 26.4 Å². The van der Waals surface area contributed by atoms with Gasteiger partial charge in [-0.3, -0.25) is 4.89 Å². The van der Waals surface area contributed by atoms with Gasteiger partial charge in [-0.2, -0.15) is 4.89 Å². The molecule has 2 aromatic rings. The fourth-order valence-corrected chi connectivity index (χ4v) is 1.70. The average molecular weight is 270 g/mol. The standard InChI is InChI=1S/C17H18O3/c1-3-13(2)19-20-17(18)16-11-7-10-15(12-16)14-8-5-4-6-9-14/h4-13H,3H2,1-2H3. The fourth-order valence-electron chi connectivity index (χ4n) is 1.70. The van der Waals surface area contributed by atoms with Crippen LogP contribution >= 0.6 is 0 Å². The van der Waals surface area contributed by atoms with Crippen LogP contribution in [0.15, 0.2) is 54.6 Å². The Bertz CT molecular complexity index is 563. The van der Waals surface area contributed by atoms with E-state index < -0.39 is 5.97 Å². The Kier molecular flexibility index (Phi) is 4.91. The molecule has 0 N–H and O–H groups in total. The van der Waals surface area contributed by atoms with Crippen LogP contribution in [0.5, 0.6) is 0 Å². The van der Waals surface area contributed by atoms with Crippen LogP contribution in [-0.4, -0.2) is 12.1 Å². The van der Waals surface area contributed by atoms with Crippen LogP contribution in [0.25, 0.3) is 11.1 Å². The highest BCUT2D eigenvalue weighted by Gasteiger charge is 2.11. The van der Waals surface area contributed by atoms with Crippen LogP contribution in [-0.2, 0) is 9.78 Å². The van der Waals surface area contributed by atoms with Gasteiger partial charge in [-0.15, -0.1) is 0 Å². The summed E-state index contributed by atoms with van der Waals surface area (Å²) in [4.78, 5) is 21.7. The van der Waals surface area contributed by atoms with Crippen molar-refractivity contribution < 1.29 is 14.6 Å². The van der Waals surface area contributed by atoms with E-state index in [1.165, 1.54) is 0 Å². The van der Waals surface area contributed by atoms with Crippen molar-refractivity contribution in [1.29, 1.82) is 0 Å². The molecule has 3 nitrogen and oxygen atoms in total. The molecule has 0 aliphatic carbocycles. The maximum absolute atomic E-state index is 11.9. The zero-order valence-electron chi connectivity index (χ0n) is 11.7. The van der Waals surface area contributed by atoms with Crippen molar-refractivity contribution in [3.05, 3.63) is 60.2 Å². The van der Waals surface area contributed by atoms with Crippen LogP contribution < -0.4 is 0 Å². The summed E-state index contributed by atoms with van der Waals surface area (Å²) in [7, 11) is 0. The van der Waals surface area contributed by atoms with Crippen LogP contribution in [0.4, 0.5) is 0 Å². The Labute approximate surface area is 119 Å². The number of carbonyl (C=O) groups excluding carboxylic acids is 1. The van der Waals surface area contributed by atoms with Gasteiger partial charge in [0.1, 0.15) is 6.10 Å². The summed E-state index contributed by atoms with van der Waals surface area (Å²) in [5.74, 6) is -0.469. The molecule has 2 aromatic carbocycles. The van der Waals surface area contributed by atoms with Gasteiger partial charge in [0.2, 0.25) is 0 Å². The monoisotopic (exact) mass is 270 g/mol. The van der Waals surface area contributed by atoms with Crippen molar-refractivity contribution in [2.24, 2.45) is 0 Å². The topological polar surface area (TPSA) is 35.5 Å². The number of hydrogen-bond acceptors (Lipinski definition) is 3. The predicted octanol–water partition coefficient (Wildman–Crippen LogP) is 4.24. The first-order valence-electron chi connectivity index (χ1n) is 6.74. The highest BCUT2D eigenvalue weighted by Crippen LogP contribution is 2.20. The Balaban J connectivity index is 2.12. The lowest BCUT2D eigenvalue weighted by Crippen LogP contribution is -2.12. The van der Waals surface area contributed by atoms with Gasteiger partial charge in [-0.1, -0.05) is 49.4 Å². The minimum Gasteiger partial charge on any atom is -0.293 e. The molecule has 0 heterocycles. The first-order chi connectivity index (χ1) is 9.70. The van der Waals surface area contributed by atoms with Crippen molar-refractivity contribution in [1.82, 2.24) is 0 Å². The normalized spacial score (nSPS) is 11.9. The van der Waals surface area contributed by atoms with Crippen molar-refractivity contribution in [3.8, 4) is 11.1 Å². The van der Waals surface area contributed by atoms with Gasteiger partial charge in [0.05, 0.1) is 5.56 Å². The van der Waals surface area contributed by atoms with E-state index in [4.69, 9.17) is 9.78 Å². The SMILES string of the molecule is CCC(C)OOC(=O)c1cccc(-c2ccccc2)c1. The molecule has 0 fully saturated rings. The summed E-state index contributed by atoms with van der Waals surface area (Å²) in [5.41, 5.74) is 2.52. The van der Waals surface area contributed by atoms with E-state index in [0.717, 1.165) is 17.5 Å². The number of rotatable bonds is 5. The van der Waals surface area contributed by atoms with Gasteiger partial charge in [0.25, 0.3) is 0 Å². The second-order valence-electron chi connectivity index (χ2n) is 4.63. The molecule has 0 radical (unpaired) electrons. The van der Waals surface area contributed by atoms with Crippen LogP contribution in [0.1, 0.15) is 30.6 Å². The Hall–Kier alpha value is -2.13. The first kappa shape index (κ1) is 14.3. The smallest absolute Gasteiger partial charge is 0.293 e. The quantitative estimate of drug-likeness (QED) is 0.602. The molecule has 1 atom stereocenters. The van der Waals surface area contributed by atoms with Crippen LogP contribution in [0.2, 0.25) is 0 Å². The van der Waals surface area contributed by atoms with Gasteiger partial charge < -0.3 is 0 Å². The lowest BCUT2D eigenvalue weighted by Gasteiger charge is -2.09. The molecule has 20 heavy (non-hydrogen) atoms. The molecule has 1 unspecified atom stereocenters. The van der Waals surface area contributed by atoms with E-state index in [1.54, 1.807) is 12.1 Å². The minimum atomic E-state index is -0.469. The predicted molar refractivity (Wildman–Crippen MR) is 78.1 cm³/mol. The van der Waals surface area contributed by atoms with E-state index in [2.05, 4.69) is 0 Å². The summed E-state index contributed by atoms with van der Waals surface area (Å²) in [6.45, 7) is 3.82. The maximum atomic E-state index is 11.9. The largest absolute Gasteiger partial charge is 0.373 e. The zero-order valence-corrected chi connectivity index (χ0v) is 11.7. The molecule has 0 aliphatic rings. The molecule has 3 heteroatoms. The molecule has 0 amide bonds. The summed E-state index contributed by atoms with van der Waals surface area (Å²) in [6.07, 6.45) is 0.688. The summed E-state index contributed by atoms with van der Waals surface area (Å²) < 4.78 is 0. The Morgan fingerprint density at radius 2 is 1.75 bits per heavy atom. The third-order valence-electron chi connectivity index (χ3n) is 3.07. The number of hydrogen-bond donors (Lipinski definition) is 0. The second-order valence-corrected chi connectivity index (χ2v) is 4.63. The van der Waals surface area contributed by atoms with E-state index in [9.17, 15) is 4.79 Å². The highest BCUT2D eigenvalue weighted by atomic mass is 17.2. The van der Waals surface area contributed by atoms with E-state index in [0.29, 0.717) is 5.56 Å². The third kappa shape index (κ3) is 3.68. The Morgan fingerprint density at radius 1 is 1.05 bits per heavy atom. The molecule has 0 aromatic heterocycles. The lowest BCUT2D eigenvalue weighted by atomic mass is 10.0. The second kappa shape index (κ2) is 6.87. The molecule has 2 rings (SSSR count). The van der Waals surface area contributed by atoms with Gasteiger partial charge in [0, 0.05) is 0 Å². The van der Waals surface area contributed by atoms with Gasteiger partial charge in [-0.05, 0) is 36.6 Å². The highest BCUT2D eigenvalue weighted by molar-refractivity contribution is 5.90. The van der Waals surface area contributed by atoms with Gasteiger partial charge >= 0.3 is 5.97 Å². The third-order valence-corrected chi connectivity index (χ3v) is 3.07. The molecular weight excluding hydrogens is 252 g/mol. The summed E-state index contributed by atoms with van der Waals surface area (Å²) >= 11 is 0. The summed E-state index contributed by atoms with van der Waals surface area (Å²) in [6, 6.07) is 17.2. The molecule has 0 saturated carbocycles. The minimum absolute atomic E-state index is 0.101. The molecule has 0 bridgehead atoms. The van der Waals surface area contributed by atoms with E-state index in [1.807, 2.05) is 56.3 Å². The van der Waals surface area contributed by atoms with Gasteiger partial charge in [-0.25, -0.2) is 4.79 Å². The lowest BCUT2D eigenvalue weighted by molar-refractivity contribution is -0.270. The number of benzene rings is 2. The van der Waals surface area contributed by atoms with Crippen molar-refractivity contribution in [3.63, 3.8) is 0 Å².